The van der Waals surface area contributed by atoms with Crippen molar-refractivity contribution in [1.29, 1.82) is 0 Å². The quantitative estimate of drug-likeness (QED) is 0.713. The van der Waals surface area contributed by atoms with E-state index in [4.69, 9.17) is 11.5 Å². The summed E-state index contributed by atoms with van der Waals surface area (Å²) in [5.74, 6) is -0.247. The molecule has 0 aliphatic heterocycles. The van der Waals surface area contributed by atoms with Crippen LogP contribution in [0.4, 0.5) is 11.5 Å². The third-order valence-electron chi connectivity index (χ3n) is 3.34. The first kappa shape index (κ1) is 17.0. The van der Waals surface area contributed by atoms with Gasteiger partial charge in [-0.15, -0.1) is 0 Å². The van der Waals surface area contributed by atoms with Gasteiger partial charge in [0.05, 0.1) is 11.9 Å². The van der Waals surface area contributed by atoms with E-state index in [0.29, 0.717) is 13.0 Å². The lowest BCUT2D eigenvalue weighted by molar-refractivity contribution is 0.0954. The molecule has 1 aromatic rings. The minimum absolute atomic E-state index is 0.106. The van der Waals surface area contributed by atoms with Crippen molar-refractivity contribution in [2.45, 2.75) is 32.9 Å². The Bertz CT molecular complexity index is 565. The van der Waals surface area contributed by atoms with Gasteiger partial charge in [0.1, 0.15) is 11.4 Å². The maximum Gasteiger partial charge on any atom is 0.257 e. The Kier molecular flexibility index (Phi) is 5.78. The van der Waals surface area contributed by atoms with Gasteiger partial charge in [-0.1, -0.05) is 13.8 Å². The number of hydrogen-bond acceptors (Lipinski definition) is 5. The van der Waals surface area contributed by atoms with Crippen molar-refractivity contribution in [3.63, 3.8) is 0 Å². The maximum absolute atomic E-state index is 12.2. The second-order valence-electron chi connectivity index (χ2n) is 5.18. The highest BCUT2D eigenvalue weighted by atomic mass is 16.2. The molecular weight excluding hydrogens is 270 g/mol. The number of nitrogens with zero attached hydrogens (tertiary/aromatic N) is 2. The van der Waals surface area contributed by atoms with Crippen molar-refractivity contribution in [3.05, 3.63) is 22.0 Å². The van der Waals surface area contributed by atoms with Gasteiger partial charge in [-0.2, -0.15) is 0 Å². The lowest BCUT2D eigenvalue weighted by Gasteiger charge is -2.27. The second-order valence-corrected chi connectivity index (χ2v) is 5.18. The number of nitrogens with two attached hydrogens (primary N) is 2. The minimum Gasteiger partial charge on any atom is -0.398 e. The predicted molar refractivity (Wildman–Crippen MR) is 85.2 cm³/mol. The van der Waals surface area contributed by atoms with E-state index in [-0.39, 0.29) is 34.7 Å². The van der Waals surface area contributed by atoms with Crippen molar-refractivity contribution in [1.82, 2.24) is 14.8 Å². The molecule has 1 aromatic heterocycles. The number of carbonyl (C=O) groups is 1. The fraction of sp³-hybridized carbons (Fsp3) is 0.571. The normalized spacial score (nSPS) is 12.4. The smallest absolute Gasteiger partial charge is 0.257 e. The molecular formula is C14H25N5O2. The molecule has 0 aromatic carbocycles. The molecule has 5 N–H and O–H groups in total. The highest BCUT2D eigenvalue weighted by Crippen LogP contribution is 2.22. The molecule has 118 valence electrons. The Morgan fingerprint density at radius 3 is 2.48 bits per heavy atom. The summed E-state index contributed by atoms with van der Waals surface area (Å²) in [5, 5.41) is 2.74. The molecule has 0 spiro atoms. The van der Waals surface area contributed by atoms with E-state index >= 15 is 0 Å². The molecule has 0 saturated heterocycles. The van der Waals surface area contributed by atoms with E-state index in [2.05, 4.69) is 5.32 Å². The van der Waals surface area contributed by atoms with Crippen LogP contribution in [0, 0.1) is 0 Å². The third-order valence-corrected chi connectivity index (χ3v) is 3.34. The molecule has 7 nitrogen and oxygen atoms in total. The summed E-state index contributed by atoms with van der Waals surface area (Å²) in [6.07, 6.45) is 1.26. The number of pyridine rings is 1. The van der Waals surface area contributed by atoms with Crippen LogP contribution in [0.15, 0.2) is 10.9 Å². The topological polar surface area (TPSA) is 106 Å². The SMILES string of the molecule is CCCNC(=O)c1c(N)cc(=O)n(C(CC)N(C)C)c1N. The third kappa shape index (κ3) is 3.55. The van der Waals surface area contributed by atoms with Crippen molar-refractivity contribution < 1.29 is 4.79 Å². The lowest BCUT2D eigenvalue weighted by atomic mass is 10.1. The Morgan fingerprint density at radius 2 is 2.00 bits per heavy atom. The molecule has 0 aliphatic rings. The molecule has 7 heteroatoms. The van der Waals surface area contributed by atoms with Gasteiger partial charge in [0, 0.05) is 12.6 Å². The Morgan fingerprint density at radius 1 is 1.38 bits per heavy atom. The van der Waals surface area contributed by atoms with E-state index < -0.39 is 0 Å². The number of amides is 1. The molecule has 1 atom stereocenters. The molecule has 1 rings (SSSR count). The van der Waals surface area contributed by atoms with Gasteiger partial charge in [0.2, 0.25) is 0 Å². The first-order valence-corrected chi connectivity index (χ1v) is 7.10. The van der Waals surface area contributed by atoms with Gasteiger partial charge in [-0.05, 0) is 26.9 Å². The average molecular weight is 295 g/mol. The summed E-state index contributed by atoms with van der Waals surface area (Å²) in [5.41, 5.74) is 11.9. The highest BCUT2D eigenvalue weighted by Gasteiger charge is 2.22. The molecule has 1 unspecified atom stereocenters. The molecule has 21 heavy (non-hydrogen) atoms. The predicted octanol–water partition coefficient (Wildman–Crippen LogP) is 0.623. The van der Waals surface area contributed by atoms with Gasteiger partial charge in [0.15, 0.2) is 0 Å². The molecule has 0 radical (unpaired) electrons. The van der Waals surface area contributed by atoms with Gasteiger partial charge in [-0.25, -0.2) is 0 Å². The number of nitrogens with one attached hydrogen (secondary N) is 1. The van der Waals surface area contributed by atoms with Crippen LogP contribution in [-0.4, -0.2) is 36.0 Å². The Labute approximate surface area is 124 Å². The van der Waals surface area contributed by atoms with Crippen LogP contribution in [0.25, 0.3) is 0 Å². The molecule has 1 amide bonds. The van der Waals surface area contributed by atoms with Crippen LogP contribution in [0.5, 0.6) is 0 Å². The zero-order valence-electron chi connectivity index (χ0n) is 13.1. The van der Waals surface area contributed by atoms with Crippen molar-refractivity contribution >= 4 is 17.4 Å². The molecule has 1 heterocycles. The summed E-state index contributed by atoms with van der Waals surface area (Å²) in [4.78, 5) is 26.3. The molecule has 0 bridgehead atoms. The van der Waals surface area contributed by atoms with E-state index in [1.165, 1.54) is 10.6 Å². The standard InChI is InChI=1S/C14H25N5O2/c1-5-7-17-14(21)12-9(15)8-11(20)19(13(12)16)10(6-2)18(3)4/h8,10H,5-7,15-16H2,1-4H3,(H,17,21). The fourth-order valence-electron chi connectivity index (χ4n) is 2.32. The molecule has 0 fully saturated rings. The Hall–Kier alpha value is -2.02. The van der Waals surface area contributed by atoms with Gasteiger partial charge < -0.3 is 16.8 Å². The number of rotatable bonds is 6. The van der Waals surface area contributed by atoms with Crippen LogP contribution in [0.2, 0.25) is 0 Å². The zero-order valence-corrected chi connectivity index (χ0v) is 13.1. The number of hydrogen-bond donors (Lipinski definition) is 3. The zero-order chi connectivity index (χ0) is 16.2. The summed E-state index contributed by atoms with van der Waals surface area (Å²) >= 11 is 0. The first-order valence-electron chi connectivity index (χ1n) is 7.10. The van der Waals surface area contributed by atoms with Crippen molar-refractivity contribution in [2.24, 2.45) is 0 Å². The van der Waals surface area contributed by atoms with E-state index in [0.717, 1.165) is 6.42 Å². The van der Waals surface area contributed by atoms with E-state index in [1.807, 2.05) is 32.8 Å². The van der Waals surface area contributed by atoms with E-state index in [1.54, 1.807) is 0 Å². The van der Waals surface area contributed by atoms with Gasteiger partial charge >= 0.3 is 0 Å². The van der Waals surface area contributed by atoms with Crippen LogP contribution in [0.1, 0.15) is 43.2 Å². The minimum atomic E-state index is -0.353. The molecule has 0 aliphatic carbocycles. The number of aromatic nitrogens is 1. The van der Waals surface area contributed by atoms with Crippen LogP contribution in [0.3, 0.4) is 0 Å². The number of nitrogen functional groups attached to an aromatic ring is 2. The van der Waals surface area contributed by atoms with E-state index in [9.17, 15) is 9.59 Å². The molecule has 0 saturated carbocycles. The summed E-state index contributed by atoms with van der Waals surface area (Å²) in [6, 6.07) is 1.25. The summed E-state index contributed by atoms with van der Waals surface area (Å²) in [7, 11) is 3.71. The van der Waals surface area contributed by atoms with Crippen molar-refractivity contribution in [3.8, 4) is 0 Å². The fourth-order valence-corrected chi connectivity index (χ4v) is 2.32. The largest absolute Gasteiger partial charge is 0.398 e. The number of carbonyl (C=O) groups excluding carboxylic acids is 1. The van der Waals surface area contributed by atoms with Gasteiger partial charge in [-0.3, -0.25) is 19.1 Å². The van der Waals surface area contributed by atoms with Crippen LogP contribution in [-0.2, 0) is 0 Å². The Balaban J connectivity index is 3.41. The maximum atomic E-state index is 12.2. The summed E-state index contributed by atoms with van der Waals surface area (Å²) < 4.78 is 1.41. The van der Waals surface area contributed by atoms with Crippen LogP contribution >= 0.6 is 0 Å². The average Bonchev–Trinajstić information content (AvgIpc) is 2.40. The highest BCUT2D eigenvalue weighted by molar-refractivity contribution is 6.03. The van der Waals surface area contributed by atoms with Gasteiger partial charge in [0.25, 0.3) is 11.5 Å². The first-order chi connectivity index (χ1) is 9.84. The monoisotopic (exact) mass is 295 g/mol. The summed E-state index contributed by atoms with van der Waals surface area (Å²) in [6.45, 7) is 4.43. The lowest BCUT2D eigenvalue weighted by Crippen LogP contribution is -2.37. The van der Waals surface area contributed by atoms with Crippen LogP contribution < -0.4 is 22.3 Å². The van der Waals surface area contributed by atoms with Crippen molar-refractivity contribution in [2.75, 3.05) is 32.1 Å². The number of anilines is 2. The second kappa shape index (κ2) is 7.12.